The van der Waals surface area contributed by atoms with Crippen molar-refractivity contribution in [3.63, 3.8) is 0 Å². The van der Waals surface area contributed by atoms with E-state index >= 15 is 0 Å². The number of furan rings is 1. The van der Waals surface area contributed by atoms with E-state index in [4.69, 9.17) is 4.42 Å². The summed E-state index contributed by atoms with van der Waals surface area (Å²) in [6, 6.07) is 17.7. The van der Waals surface area contributed by atoms with Crippen molar-refractivity contribution in [1.29, 1.82) is 0 Å². The number of nitrogens with zero attached hydrogens (tertiary/aromatic N) is 5. The van der Waals surface area contributed by atoms with Gasteiger partial charge in [-0.15, -0.1) is 0 Å². The number of benzene rings is 2. The summed E-state index contributed by atoms with van der Waals surface area (Å²) in [5.74, 6) is 0.841. The van der Waals surface area contributed by atoms with E-state index in [0.29, 0.717) is 5.56 Å². The molecule has 3 aromatic heterocycles. The quantitative estimate of drug-likeness (QED) is 0.423. The van der Waals surface area contributed by atoms with E-state index in [-0.39, 0.29) is 5.91 Å². The van der Waals surface area contributed by atoms with E-state index in [9.17, 15) is 4.79 Å². The molecule has 0 aliphatic carbocycles. The van der Waals surface area contributed by atoms with Crippen LogP contribution in [0, 0.1) is 0 Å². The van der Waals surface area contributed by atoms with Crippen molar-refractivity contribution in [2.75, 3.05) is 33.2 Å². The monoisotopic (exact) mass is 437 g/mol. The Bertz CT molecular complexity index is 1430. The van der Waals surface area contributed by atoms with Crippen LogP contribution in [0.5, 0.6) is 0 Å². The lowest BCUT2D eigenvalue weighted by Gasteiger charge is -2.32. The Morgan fingerprint density at radius 2 is 1.73 bits per heavy atom. The number of hydrogen-bond acceptors (Lipinski definition) is 5. The van der Waals surface area contributed by atoms with Crippen molar-refractivity contribution in [2.24, 2.45) is 0 Å². The molecule has 1 aliphatic heterocycles. The molecule has 4 heterocycles. The first-order chi connectivity index (χ1) is 16.2. The van der Waals surface area contributed by atoms with Gasteiger partial charge in [0.15, 0.2) is 11.4 Å². The molecule has 2 aromatic carbocycles. The number of piperazine rings is 1. The normalized spacial score (nSPS) is 14.9. The predicted octanol–water partition coefficient (Wildman–Crippen LogP) is 4.20. The summed E-state index contributed by atoms with van der Waals surface area (Å²) in [4.78, 5) is 26.1. The SMILES string of the molecule is CN1CCN(C(=O)c2ccc(-c3cn4c(-c5cc6ccccc6o5)cnc4cn3)cc2)CC1. The van der Waals surface area contributed by atoms with Crippen molar-refractivity contribution < 1.29 is 9.21 Å². The van der Waals surface area contributed by atoms with E-state index < -0.39 is 0 Å². The summed E-state index contributed by atoms with van der Waals surface area (Å²) in [6.07, 6.45) is 5.52. The minimum Gasteiger partial charge on any atom is -0.454 e. The molecule has 0 bridgehead atoms. The van der Waals surface area contributed by atoms with Crippen LogP contribution in [0.15, 0.2) is 77.6 Å². The molecule has 0 spiro atoms. The Balaban J connectivity index is 1.30. The van der Waals surface area contributed by atoms with Crippen LogP contribution < -0.4 is 0 Å². The second-order valence-electron chi connectivity index (χ2n) is 8.47. The standard InChI is InChI=1S/C26H23N5O2/c1-29-10-12-30(13-11-29)26(32)19-8-6-18(7-9-19)21-17-31-22(15-28-25(31)16-27-21)24-14-20-4-2-3-5-23(20)33-24/h2-9,14-17H,10-13H2,1H3. The maximum Gasteiger partial charge on any atom is 0.253 e. The molecule has 1 fully saturated rings. The third kappa shape index (κ3) is 3.56. The maximum absolute atomic E-state index is 12.8. The zero-order chi connectivity index (χ0) is 22.4. The first-order valence-corrected chi connectivity index (χ1v) is 11.1. The molecule has 0 N–H and O–H groups in total. The fourth-order valence-corrected chi connectivity index (χ4v) is 4.30. The third-order valence-electron chi connectivity index (χ3n) is 6.29. The van der Waals surface area contributed by atoms with Gasteiger partial charge < -0.3 is 14.2 Å². The number of para-hydroxylation sites is 1. The van der Waals surface area contributed by atoms with Gasteiger partial charge in [-0.2, -0.15) is 0 Å². The average Bonchev–Trinajstić information content (AvgIpc) is 3.47. The highest BCUT2D eigenvalue weighted by molar-refractivity contribution is 5.94. The number of rotatable bonds is 3. The molecule has 0 unspecified atom stereocenters. The highest BCUT2D eigenvalue weighted by Crippen LogP contribution is 2.29. The fourth-order valence-electron chi connectivity index (χ4n) is 4.30. The number of carbonyl (C=O) groups excluding carboxylic acids is 1. The molecule has 0 saturated carbocycles. The van der Waals surface area contributed by atoms with Crippen molar-refractivity contribution in [3.05, 3.63) is 78.8 Å². The Hall–Kier alpha value is -3.97. The minimum absolute atomic E-state index is 0.0832. The van der Waals surface area contributed by atoms with Crippen molar-refractivity contribution in [3.8, 4) is 22.7 Å². The fraction of sp³-hybridized carbons (Fsp3) is 0.192. The number of likely N-dealkylation sites (N-methyl/N-ethyl adjacent to an activating group) is 1. The van der Waals surface area contributed by atoms with Crippen molar-refractivity contribution >= 4 is 22.5 Å². The molecule has 0 radical (unpaired) electrons. The van der Waals surface area contributed by atoms with E-state index in [2.05, 4.69) is 21.9 Å². The van der Waals surface area contributed by atoms with Gasteiger partial charge in [0.25, 0.3) is 5.91 Å². The Morgan fingerprint density at radius 3 is 2.52 bits per heavy atom. The number of carbonyl (C=O) groups is 1. The Morgan fingerprint density at radius 1 is 0.939 bits per heavy atom. The molecule has 6 rings (SSSR count). The highest BCUT2D eigenvalue weighted by atomic mass is 16.3. The van der Waals surface area contributed by atoms with Crippen LogP contribution in [0.1, 0.15) is 10.4 Å². The largest absolute Gasteiger partial charge is 0.454 e. The molecule has 5 aromatic rings. The molecular formula is C26H23N5O2. The smallest absolute Gasteiger partial charge is 0.253 e. The van der Waals surface area contributed by atoms with Crippen molar-refractivity contribution in [1.82, 2.24) is 24.2 Å². The minimum atomic E-state index is 0.0832. The summed E-state index contributed by atoms with van der Waals surface area (Å²) in [7, 11) is 2.08. The summed E-state index contributed by atoms with van der Waals surface area (Å²) < 4.78 is 8.04. The van der Waals surface area contributed by atoms with Gasteiger partial charge >= 0.3 is 0 Å². The van der Waals surface area contributed by atoms with E-state index in [1.807, 2.05) is 70.1 Å². The van der Waals surface area contributed by atoms with E-state index in [1.54, 1.807) is 12.4 Å². The van der Waals surface area contributed by atoms with Crippen LogP contribution in [-0.2, 0) is 0 Å². The molecular weight excluding hydrogens is 414 g/mol. The lowest BCUT2D eigenvalue weighted by molar-refractivity contribution is 0.0664. The first-order valence-electron chi connectivity index (χ1n) is 11.1. The zero-order valence-corrected chi connectivity index (χ0v) is 18.3. The third-order valence-corrected chi connectivity index (χ3v) is 6.29. The van der Waals surface area contributed by atoms with E-state index in [1.165, 1.54) is 0 Å². The highest BCUT2D eigenvalue weighted by Gasteiger charge is 2.20. The lowest BCUT2D eigenvalue weighted by atomic mass is 10.1. The summed E-state index contributed by atoms with van der Waals surface area (Å²) in [5.41, 5.74) is 4.91. The predicted molar refractivity (Wildman–Crippen MR) is 127 cm³/mol. The number of imidazole rings is 1. The van der Waals surface area contributed by atoms with Gasteiger partial charge in [0.1, 0.15) is 11.3 Å². The van der Waals surface area contributed by atoms with Gasteiger partial charge in [-0.3, -0.25) is 14.2 Å². The van der Waals surface area contributed by atoms with Crippen LogP contribution in [0.4, 0.5) is 0 Å². The van der Waals surface area contributed by atoms with Crippen LogP contribution in [0.25, 0.3) is 39.3 Å². The molecule has 7 heteroatoms. The maximum atomic E-state index is 12.8. The second kappa shape index (κ2) is 7.86. The molecule has 1 amide bonds. The van der Waals surface area contributed by atoms with Gasteiger partial charge in [0, 0.05) is 48.9 Å². The second-order valence-corrected chi connectivity index (χ2v) is 8.47. The van der Waals surface area contributed by atoms with Crippen LogP contribution in [0.2, 0.25) is 0 Å². The molecule has 164 valence electrons. The van der Waals surface area contributed by atoms with Gasteiger partial charge in [0.2, 0.25) is 0 Å². The Labute approximate surface area is 190 Å². The summed E-state index contributed by atoms with van der Waals surface area (Å²) >= 11 is 0. The molecule has 7 nitrogen and oxygen atoms in total. The van der Waals surface area contributed by atoms with Gasteiger partial charge in [-0.05, 0) is 31.3 Å². The number of hydrogen-bond donors (Lipinski definition) is 0. The van der Waals surface area contributed by atoms with Gasteiger partial charge in [-0.1, -0.05) is 30.3 Å². The van der Waals surface area contributed by atoms with Crippen LogP contribution in [-0.4, -0.2) is 63.3 Å². The summed E-state index contributed by atoms with van der Waals surface area (Å²) in [5, 5.41) is 1.05. The summed E-state index contributed by atoms with van der Waals surface area (Å²) in [6.45, 7) is 3.35. The number of fused-ring (bicyclic) bond motifs is 2. The first kappa shape index (κ1) is 19.7. The molecule has 1 aliphatic rings. The van der Waals surface area contributed by atoms with Gasteiger partial charge in [0.05, 0.1) is 18.1 Å². The van der Waals surface area contributed by atoms with Crippen LogP contribution >= 0.6 is 0 Å². The van der Waals surface area contributed by atoms with Crippen molar-refractivity contribution in [2.45, 2.75) is 0 Å². The Kier molecular flexibility index (Phi) is 4.69. The molecule has 0 atom stereocenters. The zero-order valence-electron chi connectivity index (χ0n) is 18.3. The topological polar surface area (TPSA) is 66.9 Å². The number of amides is 1. The molecule has 1 saturated heterocycles. The molecule has 33 heavy (non-hydrogen) atoms. The average molecular weight is 438 g/mol. The van der Waals surface area contributed by atoms with Gasteiger partial charge in [-0.25, -0.2) is 4.98 Å². The lowest BCUT2D eigenvalue weighted by Crippen LogP contribution is -2.47. The van der Waals surface area contributed by atoms with E-state index in [0.717, 1.165) is 65.5 Å². The van der Waals surface area contributed by atoms with Crippen LogP contribution in [0.3, 0.4) is 0 Å². The number of aromatic nitrogens is 3.